The van der Waals surface area contributed by atoms with Crippen LogP contribution in [0.4, 0.5) is 11.4 Å². The predicted octanol–water partition coefficient (Wildman–Crippen LogP) is 11.4. The molecule has 240 valence electrons. The van der Waals surface area contributed by atoms with Crippen molar-refractivity contribution in [2.45, 2.75) is 39.6 Å². The highest BCUT2D eigenvalue weighted by Gasteiger charge is 2.27. The van der Waals surface area contributed by atoms with Crippen LogP contribution < -0.4 is 0 Å². The van der Waals surface area contributed by atoms with Crippen molar-refractivity contribution < 1.29 is 10.2 Å². The highest BCUT2D eigenvalue weighted by atomic mass is 32.2. The van der Waals surface area contributed by atoms with Crippen molar-refractivity contribution in [3.63, 3.8) is 0 Å². The molecule has 0 saturated heterocycles. The minimum atomic E-state index is -0.0175. The van der Waals surface area contributed by atoms with Gasteiger partial charge in [-0.1, -0.05) is 109 Å². The quantitative estimate of drug-likeness (QED) is 0.185. The summed E-state index contributed by atoms with van der Waals surface area (Å²) in [5, 5.41) is 22.4. The third-order valence-corrected chi connectivity index (χ3v) is 11.6. The number of aliphatic imine (C=N–C) groups is 2. The second-order valence-corrected chi connectivity index (χ2v) is 14.9. The van der Waals surface area contributed by atoms with Crippen LogP contribution in [0.25, 0.3) is 0 Å². The van der Waals surface area contributed by atoms with Gasteiger partial charge in [-0.2, -0.15) is 0 Å². The Morgan fingerprint density at radius 1 is 0.490 bits per heavy atom. The van der Waals surface area contributed by atoms with Crippen molar-refractivity contribution in [1.29, 1.82) is 0 Å². The van der Waals surface area contributed by atoms with Gasteiger partial charge < -0.3 is 10.2 Å². The van der Waals surface area contributed by atoms with Crippen LogP contribution in [0.15, 0.2) is 165 Å². The van der Waals surface area contributed by atoms with E-state index in [0.717, 1.165) is 66.0 Å². The van der Waals surface area contributed by atoms with Gasteiger partial charge in [-0.05, 0) is 65.1 Å². The number of thioether (sulfide) groups is 2. The number of phenols is 2. The predicted molar refractivity (Wildman–Crippen MR) is 204 cm³/mol. The van der Waals surface area contributed by atoms with E-state index in [1.54, 1.807) is 23.5 Å². The highest BCUT2D eigenvalue weighted by molar-refractivity contribution is 8.00. The van der Waals surface area contributed by atoms with Crippen LogP contribution >= 0.6 is 23.5 Å². The summed E-state index contributed by atoms with van der Waals surface area (Å²) in [5.74, 6) is 0.585. The fraction of sp³-hybridized carbons (Fsp3) is 0.116. The topological polar surface area (TPSA) is 65.2 Å². The SMILES string of the molecule is Oc1ccc(Cc2ccc(O)c(C3CC(c4ccccc4)=Nc4ccccc4S3)c2)cc1C1CC(c2ccccc2)=Nc2ccccc2S1. The Balaban J connectivity index is 1.10. The maximum Gasteiger partial charge on any atom is 0.119 e. The Hall–Kier alpha value is -5.04. The number of fused-ring (bicyclic) bond motifs is 2. The van der Waals surface area contributed by atoms with Crippen LogP contribution in [-0.2, 0) is 6.42 Å². The molecule has 2 aliphatic rings. The number of nitrogens with zero attached hydrogens (tertiary/aromatic N) is 2. The first-order valence-corrected chi connectivity index (χ1v) is 18.2. The molecule has 0 aromatic heterocycles. The lowest BCUT2D eigenvalue weighted by atomic mass is 9.95. The molecule has 2 aliphatic heterocycles. The van der Waals surface area contributed by atoms with E-state index in [-0.39, 0.29) is 10.5 Å². The third kappa shape index (κ3) is 6.80. The van der Waals surface area contributed by atoms with Gasteiger partial charge >= 0.3 is 0 Å². The van der Waals surface area contributed by atoms with Crippen LogP contribution in [0, 0.1) is 0 Å². The number of aromatic hydroxyl groups is 2. The van der Waals surface area contributed by atoms with Gasteiger partial charge in [0.25, 0.3) is 0 Å². The first-order chi connectivity index (χ1) is 24.1. The van der Waals surface area contributed by atoms with Crippen molar-refractivity contribution in [3.8, 4) is 11.5 Å². The van der Waals surface area contributed by atoms with Crippen LogP contribution in [-0.4, -0.2) is 21.6 Å². The van der Waals surface area contributed by atoms with Crippen LogP contribution in [0.1, 0.15) is 56.7 Å². The summed E-state index contributed by atoms with van der Waals surface area (Å²) in [6.45, 7) is 0. The van der Waals surface area contributed by atoms with E-state index in [1.807, 2.05) is 84.9 Å². The summed E-state index contributed by atoms with van der Waals surface area (Å²) < 4.78 is 0. The monoisotopic (exact) mass is 674 g/mol. The molecular formula is C43H34N2O2S2. The maximum absolute atomic E-state index is 11.2. The van der Waals surface area contributed by atoms with E-state index in [0.29, 0.717) is 30.8 Å². The summed E-state index contributed by atoms with van der Waals surface area (Å²) in [6, 6.07) is 49.1. The number of phenolic OH excluding ortho intramolecular Hbond substituents is 2. The molecule has 0 bridgehead atoms. The van der Waals surface area contributed by atoms with Crippen molar-refractivity contribution in [2.75, 3.05) is 0 Å². The molecule has 6 heteroatoms. The Morgan fingerprint density at radius 3 is 1.35 bits per heavy atom. The Morgan fingerprint density at radius 2 is 0.898 bits per heavy atom. The summed E-state index contributed by atoms with van der Waals surface area (Å²) in [7, 11) is 0. The molecule has 0 radical (unpaired) electrons. The van der Waals surface area contributed by atoms with Crippen molar-refractivity contribution in [2.24, 2.45) is 9.98 Å². The Labute approximate surface area is 295 Å². The molecular weight excluding hydrogens is 641 g/mol. The molecule has 0 amide bonds. The second-order valence-electron chi connectivity index (χ2n) is 12.4. The molecule has 49 heavy (non-hydrogen) atoms. The normalized spacial score (nSPS) is 17.1. The molecule has 0 aliphatic carbocycles. The molecule has 2 N–H and O–H groups in total. The van der Waals surface area contributed by atoms with Crippen LogP contribution in [0.3, 0.4) is 0 Å². The third-order valence-electron chi connectivity index (χ3n) is 9.04. The lowest BCUT2D eigenvalue weighted by Crippen LogP contribution is -2.06. The number of rotatable bonds is 6. The fourth-order valence-electron chi connectivity index (χ4n) is 6.57. The molecule has 6 aromatic carbocycles. The Bertz CT molecular complexity index is 2040. The molecule has 2 atom stereocenters. The standard InChI is InChI=1S/C43H34N2O2S2/c46-38-21-19-28(24-32(38)42-26-36(30-11-3-1-4-12-30)44-34-15-7-9-17-40(34)48-42)23-29-20-22-39(47)33(25-29)43-27-37(31-13-5-2-6-14-31)45-35-16-8-10-18-41(35)49-43/h1-22,24-25,42-43,46-47H,23,26-27H2. The van der Waals surface area contributed by atoms with Gasteiger partial charge in [0.05, 0.1) is 11.4 Å². The molecule has 6 aromatic rings. The highest BCUT2D eigenvalue weighted by Crippen LogP contribution is 2.49. The average Bonchev–Trinajstić information content (AvgIpc) is 3.46. The summed E-state index contributed by atoms with van der Waals surface area (Å²) >= 11 is 3.51. The van der Waals surface area contributed by atoms with Crippen molar-refractivity contribution in [1.82, 2.24) is 0 Å². The zero-order valence-corrected chi connectivity index (χ0v) is 28.4. The first-order valence-electron chi connectivity index (χ1n) is 16.5. The average molecular weight is 675 g/mol. The van der Waals surface area contributed by atoms with E-state index in [4.69, 9.17) is 9.98 Å². The fourth-order valence-corrected chi connectivity index (χ4v) is 9.08. The van der Waals surface area contributed by atoms with Gasteiger partial charge in [-0.15, -0.1) is 23.5 Å². The number of hydrogen-bond donors (Lipinski definition) is 2. The number of hydrogen-bond acceptors (Lipinski definition) is 6. The molecule has 2 unspecified atom stereocenters. The summed E-state index contributed by atoms with van der Waals surface area (Å²) in [6.07, 6.45) is 2.05. The van der Waals surface area contributed by atoms with E-state index in [1.165, 1.54) is 0 Å². The van der Waals surface area contributed by atoms with Gasteiger partial charge in [-0.3, -0.25) is 9.98 Å². The zero-order chi connectivity index (χ0) is 33.2. The molecule has 0 fully saturated rings. The maximum atomic E-state index is 11.2. The lowest BCUT2D eigenvalue weighted by molar-refractivity contribution is 0.467. The van der Waals surface area contributed by atoms with E-state index >= 15 is 0 Å². The van der Waals surface area contributed by atoms with E-state index in [9.17, 15) is 10.2 Å². The minimum Gasteiger partial charge on any atom is -0.508 e. The van der Waals surface area contributed by atoms with E-state index in [2.05, 4.69) is 60.7 Å². The molecule has 0 saturated carbocycles. The molecule has 2 heterocycles. The lowest BCUT2D eigenvalue weighted by Gasteiger charge is -2.20. The van der Waals surface area contributed by atoms with Gasteiger partial charge in [0.1, 0.15) is 11.5 Å². The number of benzene rings is 6. The minimum absolute atomic E-state index is 0.0175. The second kappa shape index (κ2) is 13.8. The van der Waals surface area contributed by atoms with Gasteiger partial charge in [0.15, 0.2) is 0 Å². The van der Waals surface area contributed by atoms with E-state index < -0.39 is 0 Å². The smallest absolute Gasteiger partial charge is 0.119 e. The summed E-state index contributed by atoms with van der Waals surface area (Å²) in [5.41, 5.74) is 10.1. The van der Waals surface area contributed by atoms with Crippen LogP contribution in [0.2, 0.25) is 0 Å². The van der Waals surface area contributed by atoms with Crippen molar-refractivity contribution >= 4 is 46.3 Å². The first kappa shape index (κ1) is 31.2. The van der Waals surface area contributed by atoms with Crippen LogP contribution in [0.5, 0.6) is 11.5 Å². The van der Waals surface area contributed by atoms with Gasteiger partial charge in [0.2, 0.25) is 0 Å². The molecule has 0 spiro atoms. The summed E-state index contributed by atoms with van der Waals surface area (Å²) in [4.78, 5) is 12.4. The Kier molecular flexibility index (Phi) is 8.82. The van der Waals surface area contributed by atoms with Crippen molar-refractivity contribution in [3.05, 3.63) is 179 Å². The van der Waals surface area contributed by atoms with Gasteiger partial charge in [-0.25, -0.2) is 0 Å². The largest absolute Gasteiger partial charge is 0.508 e. The number of para-hydroxylation sites is 2. The zero-order valence-electron chi connectivity index (χ0n) is 26.7. The van der Waals surface area contributed by atoms with Gasteiger partial charge in [0, 0.05) is 55.7 Å². The molecule has 8 rings (SSSR count). The molecule has 4 nitrogen and oxygen atoms in total.